The molecule has 0 atom stereocenters. The second-order valence-corrected chi connectivity index (χ2v) is 4.31. The first-order valence-corrected chi connectivity index (χ1v) is 6.13. The number of azo groups is 1. The van der Waals surface area contributed by atoms with Crippen LogP contribution in [0.5, 0.6) is 5.88 Å². The van der Waals surface area contributed by atoms with Crippen LogP contribution in [0.4, 0.5) is 5.69 Å². The highest BCUT2D eigenvalue weighted by molar-refractivity contribution is 7.80. The number of hydrogen-bond acceptors (Lipinski definition) is 3. The third kappa shape index (κ3) is 2.63. The molecule has 0 aliphatic rings. The van der Waals surface area contributed by atoms with Crippen molar-refractivity contribution in [2.24, 2.45) is 17.3 Å². The zero-order chi connectivity index (χ0) is 13.8. The average molecular weight is 274 g/mol. The molecule has 19 heavy (non-hydrogen) atoms. The number of thiocarbonyl (C=S) groups is 1. The van der Waals surface area contributed by atoms with Crippen LogP contribution < -0.4 is 5.32 Å². The molecule has 0 fully saturated rings. The Hall–Kier alpha value is -2.21. The van der Waals surface area contributed by atoms with Crippen LogP contribution in [-0.2, 0) is 7.05 Å². The summed E-state index contributed by atoms with van der Waals surface area (Å²) in [6.07, 6.45) is 1.68. The van der Waals surface area contributed by atoms with Crippen molar-refractivity contribution in [1.29, 1.82) is 0 Å². The van der Waals surface area contributed by atoms with E-state index >= 15 is 0 Å². The number of fused-ring (bicyclic) bond motifs is 1. The van der Waals surface area contributed by atoms with Gasteiger partial charge in [-0.2, -0.15) is 0 Å². The highest BCUT2D eigenvalue weighted by Crippen LogP contribution is 2.37. The maximum absolute atomic E-state index is 10.0. The molecule has 0 saturated carbocycles. The Kier molecular flexibility index (Phi) is 3.91. The maximum Gasteiger partial charge on any atom is 0.220 e. The fourth-order valence-electron chi connectivity index (χ4n) is 1.75. The molecule has 2 rings (SSSR count). The van der Waals surface area contributed by atoms with Crippen LogP contribution in [-0.4, -0.2) is 21.3 Å². The average Bonchev–Trinajstić information content (AvgIpc) is 2.67. The van der Waals surface area contributed by atoms with Gasteiger partial charge in [0.1, 0.15) is 0 Å². The van der Waals surface area contributed by atoms with Gasteiger partial charge in [0.25, 0.3) is 0 Å². The summed E-state index contributed by atoms with van der Waals surface area (Å²) in [7, 11) is 1.77. The molecular weight excluding hydrogens is 260 g/mol. The van der Waals surface area contributed by atoms with Gasteiger partial charge in [0, 0.05) is 19.0 Å². The van der Waals surface area contributed by atoms with Crippen LogP contribution in [0.1, 0.15) is 0 Å². The zero-order valence-corrected chi connectivity index (χ0v) is 11.3. The van der Waals surface area contributed by atoms with E-state index in [1.165, 1.54) is 0 Å². The highest BCUT2D eigenvalue weighted by atomic mass is 32.1. The third-order valence-electron chi connectivity index (χ3n) is 2.69. The number of para-hydroxylation sites is 1. The van der Waals surface area contributed by atoms with Crippen LogP contribution in [0, 0.1) is 0 Å². The molecule has 6 heteroatoms. The van der Waals surface area contributed by atoms with Crippen molar-refractivity contribution in [3.8, 4) is 5.88 Å². The van der Waals surface area contributed by atoms with E-state index < -0.39 is 0 Å². The van der Waals surface area contributed by atoms with Gasteiger partial charge < -0.3 is 15.0 Å². The van der Waals surface area contributed by atoms with E-state index in [9.17, 15) is 5.11 Å². The fourth-order valence-corrected chi connectivity index (χ4v) is 1.87. The van der Waals surface area contributed by atoms with E-state index in [4.69, 9.17) is 12.2 Å². The normalized spacial score (nSPS) is 11.0. The fraction of sp³-hybridized carbons (Fsp3) is 0.154. The number of benzene rings is 1. The second kappa shape index (κ2) is 5.62. The SMILES string of the molecule is C=CCNC(=S)N=Nc1c(O)n(C)c2ccccc12. The quantitative estimate of drug-likeness (QED) is 0.514. The van der Waals surface area contributed by atoms with Gasteiger partial charge in [-0.3, -0.25) is 0 Å². The molecule has 0 unspecified atom stereocenters. The Labute approximate surface area is 116 Å². The standard InChI is InChI=1S/C13H14N4OS/c1-3-8-14-13(19)16-15-11-9-6-4-5-7-10(9)17(2)12(11)18/h3-7,18H,1,8H2,2H3,(H,14,19). The topological polar surface area (TPSA) is 61.9 Å². The summed E-state index contributed by atoms with van der Waals surface area (Å²) in [5, 5.41) is 21.9. The molecule has 2 N–H and O–H groups in total. The first-order chi connectivity index (χ1) is 9.15. The number of nitrogens with one attached hydrogen (secondary N) is 1. The van der Waals surface area contributed by atoms with Crippen LogP contribution in [0.25, 0.3) is 10.9 Å². The van der Waals surface area contributed by atoms with Crippen LogP contribution in [0.2, 0.25) is 0 Å². The smallest absolute Gasteiger partial charge is 0.220 e. The first-order valence-electron chi connectivity index (χ1n) is 5.72. The van der Waals surface area contributed by atoms with Crippen molar-refractivity contribution in [3.05, 3.63) is 36.9 Å². The van der Waals surface area contributed by atoms with E-state index in [2.05, 4.69) is 22.1 Å². The van der Waals surface area contributed by atoms with Crippen LogP contribution in [0.15, 0.2) is 47.1 Å². The van der Waals surface area contributed by atoms with E-state index in [1.54, 1.807) is 17.7 Å². The molecule has 98 valence electrons. The van der Waals surface area contributed by atoms with Crippen molar-refractivity contribution < 1.29 is 5.11 Å². The number of aromatic nitrogens is 1. The summed E-state index contributed by atoms with van der Waals surface area (Å²) in [4.78, 5) is 0. The summed E-state index contributed by atoms with van der Waals surface area (Å²) < 4.78 is 1.66. The molecule has 1 heterocycles. The minimum absolute atomic E-state index is 0.0662. The Balaban J connectivity index is 2.35. The lowest BCUT2D eigenvalue weighted by atomic mass is 10.2. The van der Waals surface area contributed by atoms with E-state index in [1.807, 2.05) is 24.3 Å². The number of rotatable bonds is 3. The van der Waals surface area contributed by atoms with Crippen molar-refractivity contribution in [2.75, 3.05) is 6.54 Å². The molecule has 1 aromatic carbocycles. The van der Waals surface area contributed by atoms with Crippen molar-refractivity contribution >= 4 is 33.9 Å². The number of hydrogen-bond donors (Lipinski definition) is 2. The van der Waals surface area contributed by atoms with E-state index in [0.717, 1.165) is 10.9 Å². The predicted octanol–water partition coefficient (Wildman–Crippen LogP) is 3.03. The Morgan fingerprint density at radius 2 is 2.26 bits per heavy atom. The molecule has 2 aromatic rings. The monoisotopic (exact) mass is 274 g/mol. The lowest BCUT2D eigenvalue weighted by Crippen LogP contribution is -2.18. The molecule has 0 aliphatic carbocycles. The van der Waals surface area contributed by atoms with Crippen LogP contribution in [0.3, 0.4) is 0 Å². The number of aryl methyl sites for hydroxylation is 1. The molecule has 0 saturated heterocycles. The number of nitrogens with zero attached hydrogens (tertiary/aromatic N) is 3. The van der Waals surface area contributed by atoms with Gasteiger partial charge in [0.15, 0.2) is 5.69 Å². The zero-order valence-electron chi connectivity index (χ0n) is 10.5. The van der Waals surface area contributed by atoms with Gasteiger partial charge in [0.2, 0.25) is 11.0 Å². The molecular formula is C13H14N4OS. The van der Waals surface area contributed by atoms with Gasteiger partial charge in [-0.05, 0) is 18.3 Å². The minimum Gasteiger partial charge on any atom is -0.493 e. The van der Waals surface area contributed by atoms with Crippen LogP contribution >= 0.6 is 12.2 Å². The molecule has 1 aromatic heterocycles. The number of aromatic hydroxyl groups is 1. The van der Waals surface area contributed by atoms with Gasteiger partial charge in [-0.15, -0.1) is 16.8 Å². The summed E-state index contributed by atoms with van der Waals surface area (Å²) in [5.74, 6) is 0.0662. The lowest BCUT2D eigenvalue weighted by molar-refractivity contribution is 0.436. The maximum atomic E-state index is 10.0. The first kappa shape index (κ1) is 13.2. The lowest BCUT2D eigenvalue weighted by Gasteiger charge is -1.97. The third-order valence-corrected chi connectivity index (χ3v) is 2.91. The van der Waals surface area contributed by atoms with Crippen molar-refractivity contribution in [1.82, 2.24) is 9.88 Å². The van der Waals surface area contributed by atoms with Gasteiger partial charge in [-0.1, -0.05) is 24.3 Å². The molecule has 0 radical (unpaired) electrons. The second-order valence-electron chi connectivity index (χ2n) is 3.92. The largest absolute Gasteiger partial charge is 0.493 e. The summed E-state index contributed by atoms with van der Waals surface area (Å²) >= 11 is 4.98. The van der Waals surface area contributed by atoms with Crippen molar-refractivity contribution in [2.45, 2.75) is 0 Å². The summed E-state index contributed by atoms with van der Waals surface area (Å²) in [6, 6.07) is 7.57. The van der Waals surface area contributed by atoms with Gasteiger partial charge in [-0.25, -0.2) is 0 Å². The van der Waals surface area contributed by atoms with Gasteiger partial charge in [0.05, 0.1) is 5.52 Å². The Morgan fingerprint density at radius 3 is 3.00 bits per heavy atom. The predicted molar refractivity (Wildman–Crippen MR) is 79.9 cm³/mol. The van der Waals surface area contributed by atoms with E-state index in [0.29, 0.717) is 12.2 Å². The summed E-state index contributed by atoms with van der Waals surface area (Å²) in [5.41, 5.74) is 1.31. The molecule has 0 aliphatic heterocycles. The Morgan fingerprint density at radius 1 is 1.53 bits per heavy atom. The van der Waals surface area contributed by atoms with Crippen molar-refractivity contribution in [3.63, 3.8) is 0 Å². The van der Waals surface area contributed by atoms with E-state index in [-0.39, 0.29) is 11.0 Å². The summed E-state index contributed by atoms with van der Waals surface area (Å²) in [6.45, 7) is 4.10. The molecule has 0 spiro atoms. The highest BCUT2D eigenvalue weighted by Gasteiger charge is 2.13. The molecule has 0 bridgehead atoms. The minimum atomic E-state index is 0.0662. The molecule has 0 amide bonds. The Bertz CT molecular complexity index is 660. The molecule has 5 nitrogen and oxygen atoms in total. The van der Waals surface area contributed by atoms with Gasteiger partial charge >= 0.3 is 0 Å².